The van der Waals surface area contributed by atoms with Gasteiger partial charge in [0.25, 0.3) is 20.9 Å². The van der Waals surface area contributed by atoms with Crippen molar-refractivity contribution in [3.8, 4) is 11.5 Å². The Morgan fingerprint density at radius 3 is 2.42 bits per heavy atom. The van der Waals surface area contributed by atoms with Crippen molar-refractivity contribution < 1.29 is 23.1 Å². The average molecular weight is 405 g/mol. The number of anilines is 2. The van der Waals surface area contributed by atoms with E-state index in [0.29, 0.717) is 4.47 Å². The molecule has 0 fully saturated rings. The van der Waals surface area contributed by atoms with E-state index in [4.69, 9.17) is 21.2 Å². The Bertz CT molecular complexity index is 992. The van der Waals surface area contributed by atoms with Gasteiger partial charge in [-0.1, -0.05) is 16.1 Å². The lowest BCUT2D eigenvalue weighted by atomic mass is 10.2. The topological polar surface area (TPSA) is 122 Å². The molecule has 2 rings (SSSR count). The zero-order valence-electron chi connectivity index (χ0n) is 14.2. The Morgan fingerprint density at radius 2 is 1.88 bits per heavy atom. The fraction of sp³-hybridized carbons (Fsp3) is 0.333. The molecule has 0 amide bonds. The first-order valence-electron chi connectivity index (χ1n) is 7.52. The number of hydroxylamine groups is 1. The van der Waals surface area contributed by atoms with E-state index in [2.05, 4.69) is 5.32 Å². The van der Waals surface area contributed by atoms with E-state index in [9.17, 15) is 23.1 Å². The van der Waals surface area contributed by atoms with E-state index < -0.39 is 31.5 Å². The second-order valence-electron chi connectivity index (χ2n) is 5.00. The van der Waals surface area contributed by atoms with Crippen LogP contribution in [0.3, 0.4) is 0 Å². The number of sulfonamides is 1. The molecule has 0 radical (unpaired) electrons. The van der Waals surface area contributed by atoms with Crippen molar-refractivity contribution in [3.63, 3.8) is 0 Å². The van der Waals surface area contributed by atoms with Crippen molar-refractivity contribution in [2.24, 2.45) is 0 Å². The number of rotatable bonds is 8. The van der Waals surface area contributed by atoms with E-state index >= 15 is 0 Å². The van der Waals surface area contributed by atoms with Crippen LogP contribution in [0.4, 0.5) is 11.4 Å². The van der Waals surface area contributed by atoms with Crippen molar-refractivity contribution in [3.05, 3.63) is 37.6 Å². The molecular weight excluding hydrogens is 388 g/mol. The van der Waals surface area contributed by atoms with Gasteiger partial charge in [-0.2, -0.15) is 0 Å². The van der Waals surface area contributed by atoms with Crippen LogP contribution in [0.5, 0.6) is 11.5 Å². The third-order valence-electron chi connectivity index (χ3n) is 3.49. The van der Waals surface area contributed by atoms with E-state index in [0.717, 1.165) is 7.11 Å². The highest BCUT2D eigenvalue weighted by atomic mass is 35.5. The number of nitrogens with one attached hydrogen (secondary N) is 1. The number of benzene rings is 1. The van der Waals surface area contributed by atoms with E-state index in [1.807, 2.05) is 0 Å². The maximum Gasteiger partial charge on any atom is 0.272 e. The van der Waals surface area contributed by atoms with Crippen LogP contribution in [0.1, 0.15) is 13.8 Å². The zero-order valence-corrected chi connectivity index (χ0v) is 15.8. The number of phenols is 1. The summed E-state index contributed by atoms with van der Waals surface area (Å²) >= 11 is 5.95. The highest BCUT2D eigenvalue weighted by Crippen LogP contribution is 2.40. The van der Waals surface area contributed by atoms with Gasteiger partial charge in [0.2, 0.25) is 0 Å². The standard InChI is InChI=1S/C15H17ClN2O7S/c1-4-18(24-3)26(22,23)15-8(16)6-7-9(11(15)19)17-10-12(20)13(21)14(10)25-5-2/h6-7,17,19H,4-5H2,1-3H3. The molecule has 26 heavy (non-hydrogen) atoms. The predicted octanol–water partition coefficient (Wildman–Crippen LogP) is 1.36. The summed E-state index contributed by atoms with van der Waals surface area (Å²) in [4.78, 5) is 27.4. The fourth-order valence-corrected chi connectivity index (χ4v) is 4.15. The second-order valence-corrected chi connectivity index (χ2v) is 7.17. The summed E-state index contributed by atoms with van der Waals surface area (Å²) in [6.45, 7) is 3.30. The summed E-state index contributed by atoms with van der Waals surface area (Å²) in [5, 5.41) is 12.7. The Balaban J connectivity index is 2.54. The van der Waals surface area contributed by atoms with Crippen LogP contribution in [0, 0.1) is 0 Å². The van der Waals surface area contributed by atoms with Gasteiger partial charge in [-0.3, -0.25) is 14.4 Å². The zero-order chi connectivity index (χ0) is 19.6. The van der Waals surface area contributed by atoms with Gasteiger partial charge in [0.1, 0.15) is 10.6 Å². The van der Waals surface area contributed by atoms with Gasteiger partial charge < -0.3 is 15.2 Å². The number of phenolic OH excluding ortho intramolecular Hbond substituents is 1. The lowest BCUT2D eigenvalue weighted by Crippen LogP contribution is -2.35. The molecule has 11 heteroatoms. The monoisotopic (exact) mass is 404 g/mol. The van der Waals surface area contributed by atoms with Crippen molar-refractivity contribution in [1.29, 1.82) is 0 Å². The fourth-order valence-electron chi connectivity index (χ4n) is 2.29. The predicted molar refractivity (Wildman–Crippen MR) is 95.5 cm³/mol. The lowest BCUT2D eigenvalue weighted by molar-refractivity contribution is -0.0443. The molecule has 0 bridgehead atoms. The van der Waals surface area contributed by atoms with Gasteiger partial charge in [-0.25, -0.2) is 8.42 Å². The van der Waals surface area contributed by atoms with Gasteiger partial charge in [-0.15, -0.1) is 0 Å². The van der Waals surface area contributed by atoms with Crippen molar-refractivity contribution in [2.45, 2.75) is 18.7 Å². The molecule has 9 nitrogen and oxygen atoms in total. The normalized spacial score (nSPS) is 11.9. The third kappa shape index (κ3) is 3.28. The van der Waals surface area contributed by atoms with Crippen LogP contribution in [0.2, 0.25) is 5.02 Å². The van der Waals surface area contributed by atoms with Crippen LogP contribution in [0.25, 0.3) is 0 Å². The first-order chi connectivity index (χ1) is 12.2. The maximum atomic E-state index is 12.6. The molecular formula is C15H17ClN2O7S. The Hall–Kier alpha value is -2.14. The number of aromatic hydroxyl groups is 1. The second kappa shape index (κ2) is 7.62. The molecule has 0 saturated carbocycles. The van der Waals surface area contributed by atoms with Crippen LogP contribution < -0.4 is 20.9 Å². The summed E-state index contributed by atoms with van der Waals surface area (Å²) in [5.41, 5.74) is -1.93. The number of ether oxygens (including phenoxy) is 1. The molecule has 0 atom stereocenters. The first-order valence-corrected chi connectivity index (χ1v) is 9.33. The summed E-state index contributed by atoms with van der Waals surface area (Å²) in [6, 6.07) is 2.50. The number of nitrogens with zero attached hydrogens (tertiary/aromatic N) is 1. The summed E-state index contributed by atoms with van der Waals surface area (Å²) < 4.78 is 30.9. The van der Waals surface area contributed by atoms with Gasteiger partial charge in [0, 0.05) is 6.54 Å². The molecule has 0 spiro atoms. The van der Waals surface area contributed by atoms with Gasteiger partial charge in [-0.05, 0) is 26.0 Å². The first kappa shape index (κ1) is 20.2. The van der Waals surface area contributed by atoms with Crippen LogP contribution in [-0.4, -0.2) is 38.3 Å². The summed E-state index contributed by atoms with van der Waals surface area (Å²) in [7, 11) is -3.11. The van der Waals surface area contributed by atoms with Crippen LogP contribution >= 0.6 is 11.6 Å². The van der Waals surface area contributed by atoms with Gasteiger partial charge in [0.15, 0.2) is 11.5 Å². The summed E-state index contributed by atoms with van der Waals surface area (Å²) in [6.07, 6.45) is 0. The van der Waals surface area contributed by atoms with Crippen molar-refractivity contribution >= 4 is 33.0 Å². The van der Waals surface area contributed by atoms with Crippen LogP contribution in [-0.2, 0) is 14.9 Å². The van der Waals surface area contributed by atoms with E-state index in [1.165, 1.54) is 19.1 Å². The van der Waals surface area contributed by atoms with E-state index in [-0.39, 0.29) is 35.3 Å². The molecule has 2 aromatic carbocycles. The Kier molecular flexibility index (Phi) is 5.91. The lowest BCUT2D eigenvalue weighted by Gasteiger charge is -2.20. The molecule has 0 aliphatic carbocycles. The molecule has 0 aliphatic rings. The maximum absolute atomic E-state index is 12.6. The van der Waals surface area contributed by atoms with Crippen molar-refractivity contribution in [2.75, 3.05) is 25.6 Å². The molecule has 0 heterocycles. The van der Waals surface area contributed by atoms with Crippen molar-refractivity contribution in [1.82, 2.24) is 4.47 Å². The molecule has 0 aliphatic heterocycles. The molecule has 2 N–H and O–H groups in total. The van der Waals surface area contributed by atoms with E-state index in [1.54, 1.807) is 6.92 Å². The quantitative estimate of drug-likeness (QED) is 0.384. The minimum atomic E-state index is -4.27. The smallest absolute Gasteiger partial charge is 0.272 e. The van der Waals surface area contributed by atoms with Gasteiger partial charge >= 0.3 is 0 Å². The largest absolute Gasteiger partial charge is 0.504 e. The molecule has 0 unspecified atom stereocenters. The molecule has 2 aromatic rings. The number of hydrogen-bond acceptors (Lipinski definition) is 8. The van der Waals surface area contributed by atoms with Gasteiger partial charge in [0.05, 0.1) is 24.4 Å². The highest BCUT2D eigenvalue weighted by molar-refractivity contribution is 7.89. The summed E-state index contributed by atoms with van der Waals surface area (Å²) in [5.74, 6) is -0.896. The third-order valence-corrected chi connectivity index (χ3v) is 5.79. The van der Waals surface area contributed by atoms with Crippen LogP contribution in [0.15, 0.2) is 26.6 Å². The SMILES string of the molecule is CCOc1c(Nc2ccc(Cl)c(S(=O)(=O)N(CC)OC)c2O)c(=O)c1=O. The number of halogens is 1. The molecule has 0 saturated heterocycles. The Morgan fingerprint density at radius 1 is 1.23 bits per heavy atom. The highest BCUT2D eigenvalue weighted by Gasteiger charge is 2.32. The average Bonchev–Trinajstić information content (AvgIpc) is 2.59. The number of hydrogen-bond donors (Lipinski definition) is 2. The minimum Gasteiger partial charge on any atom is -0.504 e. The molecule has 0 aromatic heterocycles. The Labute approximate surface area is 154 Å². The molecule has 142 valence electrons. The minimum absolute atomic E-state index is 0.0289.